The van der Waals surface area contributed by atoms with Gasteiger partial charge in [0.05, 0.1) is 15.6 Å². The molecule has 6 nitrogen and oxygen atoms in total. The fourth-order valence-electron chi connectivity index (χ4n) is 1.55. The summed E-state index contributed by atoms with van der Waals surface area (Å²) in [4.78, 5) is 22.1. The zero-order valence-electron chi connectivity index (χ0n) is 10.2. The van der Waals surface area contributed by atoms with E-state index in [0.717, 1.165) is 0 Å². The van der Waals surface area contributed by atoms with E-state index in [0.29, 0.717) is 11.3 Å². The number of rotatable bonds is 3. The summed E-state index contributed by atoms with van der Waals surface area (Å²) in [5.74, 6) is -0.424. The number of non-ortho nitro benzene ring substituents is 1. The van der Waals surface area contributed by atoms with Crippen molar-refractivity contribution >= 4 is 34.6 Å². The van der Waals surface area contributed by atoms with Gasteiger partial charge in [0.2, 0.25) is 0 Å². The molecule has 3 N–H and O–H groups in total. The Morgan fingerprint density at radius 2 is 1.85 bits per heavy atom. The molecule has 20 heavy (non-hydrogen) atoms. The van der Waals surface area contributed by atoms with Crippen molar-refractivity contribution in [3.63, 3.8) is 0 Å². The molecular formula is C13H10ClN3O3. The number of hydrogen-bond acceptors (Lipinski definition) is 4. The fourth-order valence-corrected chi connectivity index (χ4v) is 1.72. The van der Waals surface area contributed by atoms with Crippen molar-refractivity contribution in [3.05, 3.63) is 63.2 Å². The third-order valence-electron chi connectivity index (χ3n) is 2.58. The average molecular weight is 292 g/mol. The summed E-state index contributed by atoms with van der Waals surface area (Å²) in [5.41, 5.74) is 6.47. The largest absolute Gasteiger partial charge is 0.399 e. The molecule has 7 heteroatoms. The summed E-state index contributed by atoms with van der Waals surface area (Å²) in [6.45, 7) is 0. The standard InChI is InChI=1S/C13H10ClN3O3/c14-11-6-5-10(17(19)20)7-12(11)16-13(18)8-1-3-9(15)4-2-8/h1-7H,15H2,(H,16,18). The van der Waals surface area contributed by atoms with Gasteiger partial charge >= 0.3 is 0 Å². The predicted molar refractivity (Wildman–Crippen MR) is 76.9 cm³/mol. The summed E-state index contributed by atoms with van der Waals surface area (Å²) >= 11 is 5.90. The number of anilines is 2. The molecule has 0 unspecified atom stereocenters. The number of nitrogen functional groups attached to an aromatic ring is 1. The molecule has 2 aromatic rings. The van der Waals surface area contributed by atoms with E-state index in [1.54, 1.807) is 24.3 Å². The summed E-state index contributed by atoms with van der Waals surface area (Å²) in [6.07, 6.45) is 0. The Labute approximate surface area is 119 Å². The van der Waals surface area contributed by atoms with Gasteiger partial charge in [0, 0.05) is 23.4 Å². The molecule has 0 aromatic heterocycles. The number of nitrogens with two attached hydrogens (primary N) is 1. The van der Waals surface area contributed by atoms with Crippen molar-refractivity contribution < 1.29 is 9.72 Å². The van der Waals surface area contributed by atoms with Crippen LogP contribution in [0.3, 0.4) is 0 Å². The second-order valence-corrected chi connectivity index (χ2v) is 4.40. The van der Waals surface area contributed by atoms with Crippen LogP contribution < -0.4 is 11.1 Å². The van der Waals surface area contributed by atoms with E-state index in [-0.39, 0.29) is 16.4 Å². The first kappa shape index (κ1) is 13.8. The molecule has 2 aromatic carbocycles. The van der Waals surface area contributed by atoms with Gasteiger partial charge in [-0.1, -0.05) is 11.6 Å². The number of hydrogen-bond donors (Lipinski definition) is 2. The summed E-state index contributed by atoms with van der Waals surface area (Å²) in [6, 6.07) is 10.1. The molecule has 0 saturated heterocycles. The molecule has 0 radical (unpaired) electrons. The number of halogens is 1. The lowest BCUT2D eigenvalue weighted by Crippen LogP contribution is -2.12. The van der Waals surface area contributed by atoms with Crippen molar-refractivity contribution in [3.8, 4) is 0 Å². The highest BCUT2D eigenvalue weighted by Crippen LogP contribution is 2.27. The lowest BCUT2D eigenvalue weighted by Gasteiger charge is -2.07. The normalized spacial score (nSPS) is 10.1. The van der Waals surface area contributed by atoms with Gasteiger partial charge in [-0.25, -0.2) is 0 Å². The topological polar surface area (TPSA) is 98.3 Å². The molecule has 0 spiro atoms. The van der Waals surface area contributed by atoms with Crippen LogP contribution in [0.2, 0.25) is 5.02 Å². The van der Waals surface area contributed by atoms with E-state index in [9.17, 15) is 14.9 Å². The summed E-state index contributed by atoms with van der Waals surface area (Å²) in [7, 11) is 0. The number of amides is 1. The number of carbonyl (C=O) groups is 1. The van der Waals surface area contributed by atoms with Gasteiger partial charge in [0.25, 0.3) is 11.6 Å². The maximum Gasteiger partial charge on any atom is 0.271 e. The van der Waals surface area contributed by atoms with Crippen LogP contribution in [0.1, 0.15) is 10.4 Å². The third-order valence-corrected chi connectivity index (χ3v) is 2.91. The smallest absolute Gasteiger partial charge is 0.271 e. The lowest BCUT2D eigenvalue weighted by molar-refractivity contribution is -0.384. The van der Waals surface area contributed by atoms with E-state index in [4.69, 9.17) is 17.3 Å². The number of nitro benzene ring substituents is 1. The molecule has 102 valence electrons. The van der Waals surface area contributed by atoms with Crippen LogP contribution in [0.25, 0.3) is 0 Å². The number of nitrogens with zero attached hydrogens (tertiary/aromatic N) is 1. The summed E-state index contributed by atoms with van der Waals surface area (Å²) < 4.78 is 0. The first-order valence-electron chi connectivity index (χ1n) is 5.58. The first-order valence-corrected chi connectivity index (χ1v) is 5.96. The van der Waals surface area contributed by atoms with Crippen LogP contribution in [0.4, 0.5) is 17.1 Å². The zero-order valence-corrected chi connectivity index (χ0v) is 10.9. The Bertz CT molecular complexity index is 671. The van der Waals surface area contributed by atoms with Crippen molar-refractivity contribution in [2.45, 2.75) is 0 Å². The van der Waals surface area contributed by atoms with Crippen molar-refractivity contribution in [1.29, 1.82) is 0 Å². The Balaban J connectivity index is 2.25. The highest BCUT2D eigenvalue weighted by molar-refractivity contribution is 6.34. The molecule has 0 bridgehead atoms. The first-order chi connectivity index (χ1) is 9.47. The van der Waals surface area contributed by atoms with Crippen LogP contribution in [0.5, 0.6) is 0 Å². The van der Waals surface area contributed by atoms with E-state index >= 15 is 0 Å². The van der Waals surface area contributed by atoms with Gasteiger partial charge in [-0.15, -0.1) is 0 Å². The van der Waals surface area contributed by atoms with Gasteiger partial charge < -0.3 is 11.1 Å². The zero-order chi connectivity index (χ0) is 14.7. The van der Waals surface area contributed by atoms with Crippen LogP contribution >= 0.6 is 11.6 Å². The molecule has 0 heterocycles. The van der Waals surface area contributed by atoms with E-state index < -0.39 is 10.8 Å². The average Bonchev–Trinajstić information content (AvgIpc) is 2.41. The number of carbonyl (C=O) groups excluding carboxylic acids is 1. The maximum atomic E-state index is 12.0. The Morgan fingerprint density at radius 1 is 1.20 bits per heavy atom. The molecule has 0 aliphatic carbocycles. The highest BCUT2D eigenvalue weighted by Gasteiger charge is 2.13. The minimum atomic E-state index is -0.560. The van der Waals surface area contributed by atoms with Crippen molar-refractivity contribution in [2.75, 3.05) is 11.1 Å². The van der Waals surface area contributed by atoms with Crippen LogP contribution in [-0.4, -0.2) is 10.8 Å². The number of benzene rings is 2. The van der Waals surface area contributed by atoms with Gasteiger partial charge in [0.1, 0.15) is 0 Å². The summed E-state index contributed by atoms with van der Waals surface area (Å²) in [5, 5.41) is 13.4. The van der Waals surface area contributed by atoms with E-state index in [2.05, 4.69) is 5.32 Å². The third kappa shape index (κ3) is 3.04. The van der Waals surface area contributed by atoms with Crippen LogP contribution in [0.15, 0.2) is 42.5 Å². The van der Waals surface area contributed by atoms with Gasteiger partial charge in [0.15, 0.2) is 0 Å². The van der Waals surface area contributed by atoms with Crippen LogP contribution in [-0.2, 0) is 0 Å². The lowest BCUT2D eigenvalue weighted by atomic mass is 10.2. The molecular weight excluding hydrogens is 282 g/mol. The molecule has 0 fully saturated rings. The van der Waals surface area contributed by atoms with Gasteiger partial charge in [-0.2, -0.15) is 0 Å². The minimum Gasteiger partial charge on any atom is -0.399 e. The van der Waals surface area contributed by atoms with Crippen molar-refractivity contribution in [2.24, 2.45) is 0 Å². The minimum absolute atomic E-state index is 0.151. The maximum absolute atomic E-state index is 12.0. The van der Waals surface area contributed by atoms with Gasteiger partial charge in [-0.3, -0.25) is 14.9 Å². The fraction of sp³-hybridized carbons (Fsp3) is 0. The molecule has 1 amide bonds. The quantitative estimate of drug-likeness (QED) is 0.516. The Morgan fingerprint density at radius 3 is 2.45 bits per heavy atom. The Hall–Kier alpha value is -2.60. The van der Waals surface area contributed by atoms with Gasteiger partial charge in [-0.05, 0) is 30.3 Å². The second-order valence-electron chi connectivity index (χ2n) is 4.00. The number of nitro groups is 1. The molecule has 2 rings (SSSR count). The molecule has 0 saturated carbocycles. The second kappa shape index (κ2) is 5.58. The van der Waals surface area contributed by atoms with E-state index in [1.165, 1.54) is 18.2 Å². The number of nitrogens with one attached hydrogen (secondary N) is 1. The van der Waals surface area contributed by atoms with E-state index in [1.807, 2.05) is 0 Å². The monoisotopic (exact) mass is 291 g/mol. The SMILES string of the molecule is Nc1ccc(C(=O)Nc2cc([N+](=O)[O-])ccc2Cl)cc1. The molecule has 0 atom stereocenters. The highest BCUT2D eigenvalue weighted by atomic mass is 35.5. The van der Waals surface area contributed by atoms with Crippen LogP contribution in [0, 0.1) is 10.1 Å². The molecule has 0 aliphatic rings. The Kier molecular flexibility index (Phi) is 3.86. The predicted octanol–water partition coefficient (Wildman–Crippen LogP) is 3.08. The van der Waals surface area contributed by atoms with Crippen molar-refractivity contribution in [1.82, 2.24) is 0 Å². The molecule has 0 aliphatic heterocycles.